The normalized spacial score (nSPS) is 13.1. The highest BCUT2D eigenvalue weighted by molar-refractivity contribution is 5.79. The van der Waals surface area contributed by atoms with Gasteiger partial charge in [-0.1, -0.05) is 12.1 Å². The van der Waals surface area contributed by atoms with E-state index >= 15 is 0 Å². The van der Waals surface area contributed by atoms with Gasteiger partial charge in [0, 0.05) is 39.1 Å². The number of rotatable bonds is 7. The van der Waals surface area contributed by atoms with Gasteiger partial charge in [-0.15, -0.1) is 0 Å². The van der Waals surface area contributed by atoms with Gasteiger partial charge in [0.15, 0.2) is 5.96 Å². The smallest absolute Gasteiger partial charge is 0.191 e. The van der Waals surface area contributed by atoms with Gasteiger partial charge in [0.25, 0.3) is 0 Å². The molecule has 0 saturated carbocycles. The minimum atomic E-state index is -0.216. The lowest BCUT2D eigenvalue weighted by Gasteiger charge is -2.26. The summed E-state index contributed by atoms with van der Waals surface area (Å²) in [4.78, 5) is 6.36. The molecule has 0 fully saturated rings. The van der Waals surface area contributed by atoms with E-state index in [4.69, 9.17) is 0 Å². The second-order valence-corrected chi connectivity index (χ2v) is 5.83. The molecule has 1 heterocycles. The first kappa shape index (κ1) is 18.0. The number of halogens is 1. The Kier molecular flexibility index (Phi) is 6.81. The number of hydrogen-bond acceptors (Lipinski definition) is 2. The molecule has 1 atom stereocenters. The third-order valence-electron chi connectivity index (χ3n) is 3.89. The third-order valence-corrected chi connectivity index (χ3v) is 3.89. The van der Waals surface area contributed by atoms with Crippen LogP contribution in [0.3, 0.4) is 0 Å². The van der Waals surface area contributed by atoms with Crippen LogP contribution in [0.25, 0.3) is 0 Å². The van der Waals surface area contributed by atoms with Gasteiger partial charge in [-0.3, -0.25) is 4.99 Å². The van der Waals surface area contributed by atoms with Crippen LogP contribution in [0.1, 0.15) is 11.6 Å². The zero-order valence-corrected chi connectivity index (χ0v) is 14.5. The summed E-state index contributed by atoms with van der Waals surface area (Å²) in [7, 11) is 5.78. The third kappa shape index (κ3) is 5.38. The van der Waals surface area contributed by atoms with Crippen molar-refractivity contribution in [2.24, 2.45) is 4.99 Å². The lowest BCUT2D eigenvalue weighted by molar-refractivity contribution is 0.298. The number of hydrogen-bond donors (Lipinski definition) is 2. The fourth-order valence-corrected chi connectivity index (χ4v) is 2.52. The van der Waals surface area contributed by atoms with Crippen LogP contribution >= 0.6 is 0 Å². The Labute approximate surface area is 143 Å². The van der Waals surface area contributed by atoms with Gasteiger partial charge in [0.2, 0.25) is 0 Å². The Balaban J connectivity index is 1.86. The van der Waals surface area contributed by atoms with Crippen molar-refractivity contribution in [3.63, 3.8) is 0 Å². The monoisotopic (exact) mass is 331 g/mol. The van der Waals surface area contributed by atoms with Gasteiger partial charge in [0.05, 0.1) is 6.04 Å². The highest BCUT2D eigenvalue weighted by atomic mass is 19.1. The summed E-state index contributed by atoms with van der Waals surface area (Å²) in [5, 5.41) is 6.64. The van der Waals surface area contributed by atoms with E-state index in [1.807, 2.05) is 50.8 Å². The van der Waals surface area contributed by atoms with Gasteiger partial charge >= 0.3 is 0 Å². The van der Waals surface area contributed by atoms with Crippen molar-refractivity contribution >= 4 is 5.96 Å². The number of benzene rings is 1. The topological polar surface area (TPSA) is 44.6 Å². The van der Waals surface area contributed by atoms with Crippen molar-refractivity contribution in [2.45, 2.75) is 12.6 Å². The maximum absolute atomic E-state index is 13.1. The Morgan fingerprint density at radius 3 is 2.42 bits per heavy atom. The van der Waals surface area contributed by atoms with Gasteiger partial charge in [-0.05, 0) is 43.9 Å². The van der Waals surface area contributed by atoms with Crippen molar-refractivity contribution in [1.29, 1.82) is 0 Å². The minimum absolute atomic E-state index is 0.133. The molecule has 130 valence electrons. The average Bonchev–Trinajstić information content (AvgIpc) is 3.08. The molecular weight excluding hydrogens is 305 g/mol. The number of guanidine groups is 1. The average molecular weight is 331 g/mol. The standard InChI is InChI=1S/C18H26FN5/c1-20-18(21-10-13-24-11-4-5-12-24)22-14-17(23(2)3)15-6-8-16(19)9-7-15/h4-9,11-12,17H,10,13-14H2,1-3H3,(H2,20,21,22). The SMILES string of the molecule is CN=C(NCCn1cccc1)NCC(c1ccc(F)cc1)N(C)C. The quantitative estimate of drug-likeness (QED) is 0.603. The molecular formula is C18H26FN5. The second-order valence-electron chi connectivity index (χ2n) is 5.83. The molecule has 24 heavy (non-hydrogen) atoms. The van der Waals surface area contributed by atoms with Crippen LogP contribution in [0, 0.1) is 5.82 Å². The largest absolute Gasteiger partial charge is 0.355 e. The van der Waals surface area contributed by atoms with Crippen LogP contribution < -0.4 is 10.6 Å². The van der Waals surface area contributed by atoms with Gasteiger partial charge in [-0.25, -0.2) is 4.39 Å². The Bertz CT molecular complexity index is 619. The molecule has 1 unspecified atom stereocenters. The number of aromatic nitrogens is 1. The van der Waals surface area contributed by atoms with Crippen molar-refractivity contribution < 1.29 is 4.39 Å². The van der Waals surface area contributed by atoms with Crippen LogP contribution in [0.2, 0.25) is 0 Å². The molecule has 0 bridgehead atoms. The molecule has 0 aliphatic rings. The molecule has 0 spiro atoms. The molecule has 0 saturated heterocycles. The van der Waals surface area contributed by atoms with Crippen LogP contribution in [0.15, 0.2) is 53.8 Å². The lowest BCUT2D eigenvalue weighted by Crippen LogP contribution is -2.42. The summed E-state index contributed by atoms with van der Waals surface area (Å²) in [5.74, 6) is 0.544. The molecule has 2 N–H and O–H groups in total. The van der Waals surface area contributed by atoms with Crippen LogP contribution in [0.4, 0.5) is 4.39 Å². The molecule has 0 aliphatic heterocycles. The Morgan fingerprint density at radius 1 is 1.17 bits per heavy atom. The fourth-order valence-electron chi connectivity index (χ4n) is 2.52. The second kappa shape index (κ2) is 9.08. The van der Waals surface area contributed by atoms with E-state index < -0.39 is 0 Å². The number of aliphatic imine (C=N–C) groups is 1. The summed E-state index contributed by atoms with van der Waals surface area (Å²) in [6.45, 7) is 2.35. The lowest BCUT2D eigenvalue weighted by atomic mass is 10.1. The van der Waals surface area contributed by atoms with Crippen LogP contribution in [-0.4, -0.2) is 49.7 Å². The van der Waals surface area contributed by atoms with E-state index in [1.54, 1.807) is 7.05 Å². The van der Waals surface area contributed by atoms with Crippen LogP contribution in [-0.2, 0) is 6.54 Å². The number of likely N-dealkylation sites (N-methyl/N-ethyl adjacent to an activating group) is 1. The predicted molar refractivity (Wildman–Crippen MR) is 96.6 cm³/mol. The highest BCUT2D eigenvalue weighted by Gasteiger charge is 2.14. The van der Waals surface area contributed by atoms with E-state index in [0.717, 1.165) is 24.6 Å². The van der Waals surface area contributed by atoms with Gasteiger partial charge in [-0.2, -0.15) is 0 Å². The number of nitrogens with one attached hydrogen (secondary N) is 2. The minimum Gasteiger partial charge on any atom is -0.355 e. The molecule has 1 aromatic heterocycles. The number of nitrogens with zero attached hydrogens (tertiary/aromatic N) is 3. The van der Waals surface area contributed by atoms with Crippen molar-refractivity contribution in [3.8, 4) is 0 Å². The Morgan fingerprint density at radius 2 is 1.83 bits per heavy atom. The van der Waals surface area contributed by atoms with E-state index in [2.05, 4.69) is 25.1 Å². The van der Waals surface area contributed by atoms with E-state index in [1.165, 1.54) is 12.1 Å². The highest BCUT2D eigenvalue weighted by Crippen LogP contribution is 2.17. The summed E-state index contributed by atoms with van der Waals surface area (Å²) in [6.07, 6.45) is 4.07. The van der Waals surface area contributed by atoms with Crippen molar-refractivity contribution in [2.75, 3.05) is 34.2 Å². The summed E-state index contributed by atoms with van der Waals surface area (Å²) < 4.78 is 15.2. The molecule has 2 rings (SSSR count). The van der Waals surface area contributed by atoms with E-state index in [-0.39, 0.29) is 11.9 Å². The van der Waals surface area contributed by atoms with Crippen LogP contribution in [0.5, 0.6) is 0 Å². The molecule has 1 aromatic carbocycles. The first-order valence-electron chi connectivity index (χ1n) is 8.07. The van der Waals surface area contributed by atoms with E-state index in [9.17, 15) is 4.39 Å². The predicted octanol–water partition coefficient (Wildman–Crippen LogP) is 2.10. The maximum Gasteiger partial charge on any atom is 0.191 e. The first-order chi connectivity index (χ1) is 11.6. The fraction of sp³-hybridized carbons (Fsp3) is 0.389. The molecule has 5 nitrogen and oxygen atoms in total. The zero-order chi connectivity index (χ0) is 17.4. The Hall–Kier alpha value is -2.34. The van der Waals surface area contributed by atoms with Gasteiger partial charge < -0.3 is 20.1 Å². The van der Waals surface area contributed by atoms with Crippen molar-refractivity contribution in [1.82, 2.24) is 20.1 Å². The van der Waals surface area contributed by atoms with Gasteiger partial charge in [0.1, 0.15) is 5.82 Å². The first-order valence-corrected chi connectivity index (χ1v) is 8.07. The molecule has 0 amide bonds. The summed E-state index contributed by atoms with van der Waals surface area (Å²) in [6, 6.07) is 10.8. The maximum atomic E-state index is 13.1. The molecule has 2 aromatic rings. The van der Waals surface area contributed by atoms with E-state index in [0.29, 0.717) is 6.54 Å². The molecule has 0 aliphatic carbocycles. The molecule has 6 heteroatoms. The summed E-state index contributed by atoms with van der Waals surface area (Å²) in [5.41, 5.74) is 1.07. The summed E-state index contributed by atoms with van der Waals surface area (Å²) >= 11 is 0. The molecule has 0 radical (unpaired) electrons. The van der Waals surface area contributed by atoms with Crippen molar-refractivity contribution in [3.05, 3.63) is 60.2 Å². The zero-order valence-electron chi connectivity index (χ0n) is 14.5.